The maximum atomic E-state index is 6.64. The van der Waals surface area contributed by atoms with Gasteiger partial charge in [0.15, 0.2) is 0 Å². The molecule has 0 spiro atoms. The SMILES string of the molecule is C=C(Cc1ccccc1)N(Cc1ccc(C)cc1)/C(CNC(=C1CCC1)C(C)(C)N)=C(\C)CCCC.CCCC.Cc1ccccc1. The molecule has 0 saturated heterocycles. The van der Waals surface area contributed by atoms with Crippen LogP contribution < -0.4 is 11.1 Å². The van der Waals surface area contributed by atoms with Gasteiger partial charge in [0.2, 0.25) is 0 Å². The third kappa shape index (κ3) is 14.8. The molecule has 1 aliphatic rings. The lowest BCUT2D eigenvalue weighted by Gasteiger charge is -2.36. The lowest BCUT2D eigenvalue weighted by atomic mass is 9.84. The average molecular weight is 636 g/mol. The van der Waals surface area contributed by atoms with Crippen molar-refractivity contribution in [1.82, 2.24) is 10.2 Å². The summed E-state index contributed by atoms with van der Waals surface area (Å²) in [7, 11) is 0. The Morgan fingerprint density at radius 2 is 1.34 bits per heavy atom. The second kappa shape index (κ2) is 21.3. The molecule has 47 heavy (non-hydrogen) atoms. The normalized spacial score (nSPS) is 12.7. The largest absolute Gasteiger partial charge is 0.381 e. The van der Waals surface area contributed by atoms with Gasteiger partial charge in [0.1, 0.15) is 0 Å². The van der Waals surface area contributed by atoms with Crippen molar-refractivity contribution in [2.24, 2.45) is 5.73 Å². The summed E-state index contributed by atoms with van der Waals surface area (Å²) in [5.74, 6) is 0. The van der Waals surface area contributed by atoms with Crippen LogP contribution >= 0.6 is 0 Å². The molecule has 1 fully saturated rings. The van der Waals surface area contributed by atoms with E-state index in [0.717, 1.165) is 44.5 Å². The smallest absolute Gasteiger partial charge is 0.0550 e. The van der Waals surface area contributed by atoms with Gasteiger partial charge in [0.05, 0.1) is 12.1 Å². The number of nitrogens with zero attached hydrogens (tertiary/aromatic N) is 1. The minimum atomic E-state index is -0.374. The molecule has 1 aliphatic carbocycles. The zero-order chi connectivity index (χ0) is 34.7. The van der Waals surface area contributed by atoms with E-state index in [-0.39, 0.29) is 5.54 Å². The fourth-order valence-corrected chi connectivity index (χ4v) is 5.38. The van der Waals surface area contributed by atoms with Gasteiger partial charge in [-0.2, -0.15) is 0 Å². The number of benzene rings is 3. The third-order valence-corrected chi connectivity index (χ3v) is 8.65. The summed E-state index contributed by atoms with van der Waals surface area (Å²) < 4.78 is 0. The van der Waals surface area contributed by atoms with Crippen LogP contribution in [0.25, 0.3) is 0 Å². The zero-order valence-electron chi connectivity index (χ0n) is 31.1. The summed E-state index contributed by atoms with van der Waals surface area (Å²) in [6.07, 6.45) is 10.5. The van der Waals surface area contributed by atoms with Crippen LogP contribution in [0.1, 0.15) is 115 Å². The quantitative estimate of drug-likeness (QED) is 0.185. The van der Waals surface area contributed by atoms with Crippen LogP contribution in [0.4, 0.5) is 0 Å². The van der Waals surface area contributed by atoms with E-state index >= 15 is 0 Å². The van der Waals surface area contributed by atoms with E-state index in [1.54, 1.807) is 0 Å². The number of hydrogen-bond donors (Lipinski definition) is 2. The lowest BCUT2D eigenvalue weighted by molar-refractivity contribution is 0.388. The maximum Gasteiger partial charge on any atom is 0.0550 e. The third-order valence-electron chi connectivity index (χ3n) is 8.65. The average Bonchev–Trinajstić information content (AvgIpc) is 3.03. The van der Waals surface area contributed by atoms with Gasteiger partial charge in [-0.15, -0.1) is 0 Å². The predicted octanol–water partition coefficient (Wildman–Crippen LogP) is 11.6. The van der Waals surface area contributed by atoms with E-state index < -0.39 is 0 Å². The van der Waals surface area contributed by atoms with Crippen molar-refractivity contribution in [2.45, 2.75) is 125 Å². The minimum absolute atomic E-state index is 0.374. The fourth-order valence-electron chi connectivity index (χ4n) is 5.38. The molecule has 0 atom stereocenters. The standard InChI is InChI=1S/C33H47N3.C7H8.C4H10/c1-7-8-13-26(3)31(23-35-32(33(5,6)34)30-16-12-17-30)36(24-29-20-18-25(2)19-21-29)27(4)22-28-14-10-9-11-15-28;1-7-5-3-2-4-6-7;1-3-4-2/h9-11,14-15,18-21,35H,4,7-8,12-13,16-17,22-24,34H2,1-3,5-6H3;2-6H,1H3;3-4H2,1-2H3/b31-26+;;. The van der Waals surface area contributed by atoms with E-state index in [2.05, 4.69) is 139 Å². The van der Waals surface area contributed by atoms with Crippen LogP contribution in [-0.2, 0) is 13.0 Å². The van der Waals surface area contributed by atoms with Crippen molar-refractivity contribution in [2.75, 3.05) is 6.54 Å². The number of hydrogen-bond acceptors (Lipinski definition) is 3. The molecule has 0 heterocycles. The first-order chi connectivity index (χ1) is 22.5. The second-order valence-electron chi connectivity index (χ2n) is 13.7. The molecule has 1 saturated carbocycles. The van der Waals surface area contributed by atoms with Gasteiger partial charge in [-0.05, 0) is 83.4 Å². The van der Waals surface area contributed by atoms with Crippen LogP contribution in [0.3, 0.4) is 0 Å². The van der Waals surface area contributed by atoms with Crippen LogP contribution in [-0.4, -0.2) is 17.0 Å². The molecular formula is C44H65N3. The van der Waals surface area contributed by atoms with Gasteiger partial charge in [-0.1, -0.05) is 148 Å². The summed E-state index contributed by atoms with van der Waals surface area (Å²) >= 11 is 0. The van der Waals surface area contributed by atoms with Gasteiger partial charge < -0.3 is 16.0 Å². The van der Waals surface area contributed by atoms with E-state index in [4.69, 9.17) is 5.73 Å². The predicted molar refractivity (Wildman–Crippen MR) is 207 cm³/mol. The highest BCUT2D eigenvalue weighted by atomic mass is 15.2. The molecule has 3 aromatic carbocycles. The number of nitrogens with two attached hydrogens (primary N) is 1. The Labute approximate surface area is 289 Å². The maximum absolute atomic E-state index is 6.64. The van der Waals surface area contributed by atoms with Crippen molar-refractivity contribution < 1.29 is 0 Å². The summed E-state index contributed by atoms with van der Waals surface area (Å²) in [6.45, 7) is 23.6. The molecule has 0 aromatic heterocycles. The van der Waals surface area contributed by atoms with E-state index in [0.29, 0.717) is 0 Å². The highest BCUT2D eigenvalue weighted by Gasteiger charge is 2.26. The van der Waals surface area contributed by atoms with Gasteiger partial charge in [0, 0.05) is 30.1 Å². The molecule has 0 amide bonds. The van der Waals surface area contributed by atoms with Gasteiger partial charge in [0.25, 0.3) is 0 Å². The van der Waals surface area contributed by atoms with Crippen molar-refractivity contribution >= 4 is 0 Å². The van der Waals surface area contributed by atoms with Gasteiger partial charge in [-0.25, -0.2) is 0 Å². The van der Waals surface area contributed by atoms with Crippen LogP contribution in [0, 0.1) is 13.8 Å². The van der Waals surface area contributed by atoms with Crippen molar-refractivity contribution in [3.8, 4) is 0 Å². The minimum Gasteiger partial charge on any atom is -0.381 e. The first-order valence-corrected chi connectivity index (χ1v) is 18.0. The molecule has 0 bridgehead atoms. The van der Waals surface area contributed by atoms with Crippen molar-refractivity contribution in [1.29, 1.82) is 0 Å². The molecular weight excluding hydrogens is 571 g/mol. The lowest BCUT2D eigenvalue weighted by Crippen LogP contribution is -2.44. The Hall–Kier alpha value is -3.56. The van der Waals surface area contributed by atoms with E-state index in [1.165, 1.54) is 76.9 Å². The molecule has 0 unspecified atom stereocenters. The summed E-state index contributed by atoms with van der Waals surface area (Å²) in [6, 6.07) is 29.8. The first-order valence-electron chi connectivity index (χ1n) is 18.0. The van der Waals surface area contributed by atoms with E-state index in [1.807, 2.05) is 18.2 Å². The Kier molecular flexibility index (Phi) is 18.0. The summed E-state index contributed by atoms with van der Waals surface area (Å²) in [4.78, 5) is 2.46. The second-order valence-corrected chi connectivity index (χ2v) is 13.7. The molecule has 3 heteroatoms. The summed E-state index contributed by atoms with van der Waals surface area (Å²) in [5, 5.41) is 3.83. The Bertz CT molecular complexity index is 1350. The monoisotopic (exact) mass is 636 g/mol. The molecule has 256 valence electrons. The number of nitrogens with one attached hydrogen (secondary N) is 1. The van der Waals surface area contributed by atoms with Crippen LogP contribution in [0.15, 0.2) is 120 Å². The molecule has 3 N–H and O–H groups in total. The van der Waals surface area contributed by atoms with Gasteiger partial charge in [-0.3, -0.25) is 0 Å². The number of rotatable bonds is 14. The first kappa shape index (κ1) is 39.6. The van der Waals surface area contributed by atoms with Crippen molar-refractivity contribution in [3.05, 3.63) is 142 Å². The molecule has 3 aromatic rings. The van der Waals surface area contributed by atoms with Gasteiger partial charge >= 0.3 is 0 Å². The highest BCUT2D eigenvalue weighted by molar-refractivity contribution is 5.31. The van der Waals surface area contributed by atoms with Crippen LogP contribution in [0.5, 0.6) is 0 Å². The summed E-state index contributed by atoms with van der Waals surface area (Å²) in [5.41, 5.74) is 18.0. The van der Waals surface area contributed by atoms with E-state index in [9.17, 15) is 0 Å². The number of aryl methyl sites for hydroxylation is 2. The zero-order valence-corrected chi connectivity index (χ0v) is 31.1. The molecule has 4 rings (SSSR count). The fraction of sp³-hybridized carbons (Fsp3) is 0.455. The topological polar surface area (TPSA) is 41.3 Å². The molecule has 0 aliphatic heterocycles. The number of allylic oxidation sites excluding steroid dienone is 3. The number of unbranched alkanes of at least 4 members (excludes halogenated alkanes) is 2. The van der Waals surface area contributed by atoms with Crippen LogP contribution in [0.2, 0.25) is 0 Å². The highest BCUT2D eigenvalue weighted by Crippen LogP contribution is 2.32. The Morgan fingerprint density at radius 1 is 0.787 bits per heavy atom. The van der Waals surface area contributed by atoms with Crippen molar-refractivity contribution in [3.63, 3.8) is 0 Å². The molecule has 3 nitrogen and oxygen atoms in total. The Balaban J connectivity index is 0.000000592. The molecule has 0 radical (unpaired) electrons. The Morgan fingerprint density at radius 3 is 1.79 bits per heavy atom.